The minimum atomic E-state index is 0.123. The van der Waals surface area contributed by atoms with Gasteiger partial charge in [-0.2, -0.15) is 0 Å². The standard InChI is InChI=1S/C21H26N2O3/c1-4-6-21(24)22-11-5-12-23-19-13-15(25-2)7-9-17(19)18-10-8-16(26-3)14-20(18)23/h7-10,13-14H,4-6,11-12H2,1-3H3,(H,22,24). The van der Waals surface area contributed by atoms with Gasteiger partial charge in [0.1, 0.15) is 11.5 Å². The molecule has 0 unspecified atom stereocenters. The number of aromatic nitrogens is 1. The van der Waals surface area contributed by atoms with Crippen molar-refractivity contribution >= 4 is 27.7 Å². The van der Waals surface area contributed by atoms with Crippen LogP contribution in [0.1, 0.15) is 26.2 Å². The lowest BCUT2D eigenvalue weighted by molar-refractivity contribution is -0.121. The minimum absolute atomic E-state index is 0.123. The van der Waals surface area contributed by atoms with Crippen LogP contribution in [-0.2, 0) is 11.3 Å². The number of hydrogen-bond donors (Lipinski definition) is 1. The summed E-state index contributed by atoms with van der Waals surface area (Å²) in [6, 6.07) is 12.3. The molecule has 3 aromatic rings. The third-order valence-electron chi connectivity index (χ3n) is 4.64. The molecule has 0 spiro atoms. The SMILES string of the molecule is CCCC(=O)NCCCn1c2cc(OC)ccc2c2ccc(OC)cc21. The molecule has 0 bridgehead atoms. The zero-order chi connectivity index (χ0) is 18.5. The van der Waals surface area contributed by atoms with Gasteiger partial charge in [0, 0.05) is 42.4 Å². The van der Waals surface area contributed by atoms with Crippen LogP contribution in [0.2, 0.25) is 0 Å². The summed E-state index contributed by atoms with van der Waals surface area (Å²) < 4.78 is 13.1. The predicted molar refractivity (Wildman–Crippen MR) is 105 cm³/mol. The van der Waals surface area contributed by atoms with Gasteiger partial charge in [-0.3, -0.25) is 4.79 Å². The van der Waals surface area contributed by atoms with E-state index < -0.39 is 0 Å². The average Bonchev–Trinajstić information content (AvgIpc) is 2.97. The molecule has 0 saturated carbocycles. The molecule has 0 aliphatic heterocycles. The molecule has 0 fully saturated rings. The van der Waals surface area contributed by atoms with Gasteiger partial charge in [0.25, 0.3) is 0 Å². The Balaban J connectivity index is 1.92. The predicted octanol–water partition coefficient (Wildman–Crippen LogP) is 4.12. The minimum Gasteiger partial charge on any atom is -0.497 e. The Morgan fingerprint density at radius 3 is 2.08 bits per heavy atom. The number of aryl methyl sites for hydroxylation is 1. The number of amides is 1. The summed E-state index contributed by atoms with van der Waals surface area (Å²) in [5.41, 5.74) is 2.26. The van der Waals surface area contributed by atoms with Crippen LogP contribution in [0, 0.1) is 0 Å². The summed E-state index contributed by atoms with van der Waals surface area (Å²) >= 11 is 0. The fourth-order valence-electron chi connectivity index (χ4n) is 3.33. The van der Waals surface area contributed by atoms with Gasteiger partial charge in [-0.1, -0.05) is 6.92 Å². The molecule has 0 saturated heterocycles. The molecule has 1 heterocycles. The van der Waals surface area contributed by atoms with Crippen LogP contribution < -0.4 is 14.8 Å². The van der Waals surface area contributed by atoms with Gasteiger partial charge in [-0.15, -0.1) is 0 Å². The van der Waals surface area contributed by atoms with Crippen molar-refractivity contribution in [1.29, 1.82) is 0 Å². The number of rotatable bonds is 8. The van der Waals surface area contributed by atoms with E-state index in [1.807, 2.05) is 19.1 Å². The summed E-state index contributed by atoms with van der Waals surface area (Å²) in [7, 11) is 3.36. The lowest BCUT2D eigenvalue weighted by Gasteiger charge is -2.10. The molecule has 1 aromatic heterocycles. The van der Waals surface area contributed by atoms with E-state index in [9.17, 15) is 4.79 Å². The van der Waals surface area contributed by atoms with Crippen LogP contribution in [0.4, 0.5) is 0 Å². The summed E-state index contributed by atoms with van der Waals surface area (Å²) in [5, 5.41) is 5.37. The van der Waals surface area contributed by atoms with E-state index in [0.717, 1.165) is 41.9 Å². The molecule has 1 amide bonds. The Morgan fingerprint density at radius 1 is 1.00 bits per heavy atom. The number of nitrogens with one attached hydrogen (secondary N) is 1. The van der Waals surface area contributed by atoms with E-state index in [2.05, 4.69) is 34.1 Å². The fourth-order valence-corrected chi connectivity index (χ4v) is 3.33. The lowest BCUT2D eigenvalue weighted by atomic mass is 10.1. The van der Waals surface area contributed by atoms with Crippen molar-refractivity contribution in [3.05, 3.63) is 36.4 Å². The number of carbonyl (C=O) groups excluding carboxylic acids is 1. The van der Waals surface area contributed by atoms with Gasteiger partial charge in [-0.25, -0.2) is 0 Å². The number of ether oxygens (including phenoxy) is 2. The average molecular weight is 354 g/mol. The van der Waals surface area contributed by atoms with Crippen LogP contribution in [0.5, 0.6) is 11.5 Å². The number of fused-ring (bicyclic) bond motifs is 3. The molecule has 0 radical (unpaired) electrons. The quantitative estimate of drug-likeness (QED) is 0.619. The second kappa shape index (κ2) is 8.13. The zero-order valence-electron chi connectivity index (χ0n) is 15.7. The molecule has 138 valence electrons. The van der Waals surface area contributed by atoms with Crippen LogP contribution in [0.3, 0.4) is 0 Å². The number of nitrogens with zero attached hydrogens (tertiary/aromatic N) is 1. The van der Waals surface area contributed by atoms with Crippen molar-refractivity contribution in [3.63, 3.8) is 0 Å². The Bertz CT molecular complexity index is 853. The molecule has 26 heavy (non-hydrogen) atoms. The lowest BCUT2D eigenvalue weighted by Crippen LogP contribution is -2.24. The highest BCUT2D eigenvalue weighted by molar-refractivity contribution is 6.08. The van der Waals surface area contributed by atoms with Crippen molar-refractivity contribution in [2.24, 2.45) is 0 Å². The summed E-state index contributed by atoms with van der Waals surface area (Å²) in [5.74, 6) is 1.80. The van der Waals surface area contributed by atoms with Crippen molar-refractivity contribution in [2.75, 3.05) is 20.8 Å². The molecule has 0 aliphatic carbocycles. The first-order valence-electron chi connectivity index (χ1n) is 9.08. The van der Waals surface area contributed by atoms with Gasteiger partial charge in [0.2, 0.25) is 5.91 Å². The zero-order valence-corrected chi connectivity index (χ0v) is 15.7. The third kappa shape index (κ3) is 3.62. The van der Waals surface area contributed by atoms with E-state index in [1.165, 1.54) is 10.8 Å². The monoisotopic (exact) mass is 354 g/mol. The normalized spacial score (nSPS) is 11.0. The molecule has 1 N–H and O–H groups in total. The smallest absolute Gasteiger partial charge is 0.219 e. The van der Waals surface area contributed by atoms with Gasteiger partial charge >= 0.3 is 0 Å². The van der Waals surface area contributed by atoms with Gasteiger partial charge < -0.3 is 19.4 Å². The third-order valence-corrected chi connectivity index (χ3v) is 4.64. The second-order valence-corrected chi connectivity index (χ2v) is 6.37. The van der Waals surface area contributed by atoms with Crippen molar-refractivity contribution in [1.82, 2.24) is 9.88 Å². The van der Waals surface area contributed by atoms with E-state index in [-0.39, 0.29) is 5.91 Å². The number of methoxy groups -OCH3 is 2. The van der Waals surface area contributed by atoms with Crippen LogP contribution in [0.15, 0.2) is 36.4 Å². The Morgan fingerprint density at radius 2 is 1.58 bits per heavy atom. The van der Waals surface area contributed by atoms with Crippen LogP contribution in [-0.4, -0.2) is 31.2 Å². The molecule has 3 rings (SSSR count). The molecular formula is C21H26N2O3. The number of benzene rings is 2. The van der Waals surface area contributed by atoms with Crippen molar-refractivity contribution in [2.45, 2.75) is 32.7 Å². The Hall–Kier alpha value is -2.69. The van der Waals surface area contributed by atoms with Gasteiger partial charge in [0.15, 0.2) is 0 Å². The van der Waals surface area contributed by atoms with Gasteiger partial charge in [-0.05, 0) is 37.1 Å². The number of carbonyl (C=O) groups is 1. The maximum absolute atomic E-state index is 11.6. The first kappa shape index (κ1) is 18.1. The molecule has 5 heteroatoms. The maximum Gasteiger partial charge on any atom is 0.219 e. The first-order chi connectivity index (χ1) is 12.7. The molecule has 2 aromatic carbocycles. The Kier molecular flexibility index (Phi) is 5.66. The molecule has 0 aliphatic rings. The number of hydrogen-bond acceptors (Lipinski definition) is 3. The van der Waals surface area contributed by atoms with Crippen molar-refractivity contribution in [3.8, 4) is 11.5 Å². The topological polar surface area (TPSA) is 52.5 Å². The van der Waals surface area contributed by atoms with Crippen LogP contribution in [0.25, 0.3) is 21.8 Å². The van der Waals surface area contributed by atoms with Crippen molar-refractivity contribution < 1.29 is 14.3 Å². The summed E-state index contributed by atoms with van der Waals surface area (Å²) in [6.07, 6.45) is 2.32. The molecular weight excluding hydrogens is 328 g/mol. The first-order valence-corrected chi connectivity index (χ1v) is 9.08. The maximum atomic E-state index is 11.6. The molecule has 0 atom stereocenters. The molecule has 5 nitrogen and oxygen atoms in total. The van der Waals surface area contributed by atoms with Gasteiger partial charge in [0.05, 0.1) is 25.3 Å². The van der Waals surface area contributed by atoms with Crippen LogP contribution >= 0.6 is 0 Å². The van der Waals surface area contributed by atoms with E-state index in [1.54, 1.807) is 14.2 Å². The summed E-state index contributed by atoms with van der Waals surface area (Å²) in [6.45, 7) is 3.50. The highest BCUT2D eigenvalue weighted by Crippen LogP contribution is 2.33. The fraction of sp³-hybridized carbons (Fsp3) is 0.381. The Labute approximate surface area is 153 Å². The summed E-state index contributed by atoms with van der Waals surface area (Å²) in [4.78, 5) is 11.6. The van der Waals surface area contributed by atoms with E-state index in [4.69, 9.17) is 9.47 Å². The second-order valence-electron chi connectivity index (χ2n) is 6.37. The highest BCUT2D eigenvalue weighted by Gasteiger charge is 2.12. The van der Waals surface area contributed by atoms with E-state index >= 15 is 0 Å². The largest absolute Gasteiger partial charge is 0.497 e. The highest BCUT2D eigenvalue weighted by atomic mass is 16.5. The van der Waals surface area contributed by atoms with E-state index in [0.29, 0.717) is 13.0 Å².